The Morgan fingerprint density at radius 1 is 1.14 bits per heavy atom. The van der Waals surface area contributed by atoms with Crippen LogP contribution in [0.4, 0.5) is 11.5 Å². The van der Waals surface area contributed by atoms with Crippen LogP contribution in [0.5, 0.6) is 0 Å². The molecule has 2 heterocycles. The SMILES string of the molecule is Cc1ccc(S(=O)(=O)N2CCCCC2)cc1C(=O)Nc1cccnc1N(C)C. The fourth-order valence-electron chi connectivity index (χ4n) is 3.30. The molecule has 0 aliphatic carbocycles. The highest BCUT2D eigenvalue weighted by Gasteiger charge is 2.27. The molecule has 1 aliphatic heterocycles. The maximum atomic E-state index is 13.0. The number of amides is 1. The lowest BCUT2D eigenvalue weighted by molar-refractivity contribution is 0.102. The van der Waals surface area contributed by atoms with Crippen LogP contribution in [0.25, 0.3) is 0 Å². The third-order valence-corrected chi connectivity index (χ3v) is 6.76. The van der Waals surface area contributed by atoms with Crippen LogP contribution in [0.1, 0.15) is 35.2 Å². The van der Waals surface area contributed by atoms with E-state index in [1.54, 1.807) is 42.3 Å². The molecule has 0 atom stereocenters. The van der Waals surface area contributed by atoms with Crippen molar-refractivity contribution in [3.63, 3.8) is 0 Å². The molecule has 1 fully saturated rings. The third-order valence-electron chi connectivity index (χ3n) is 4.86. The van der Waals surface area contributed by atoms with Crippen molar-refractivity contribution in [2.45, 2.75) is 31.1 Å². The van der Waals surface area contributed by atoms with Crippen molar-refractivity contribution >= 4 is 27.4 Å². The lowest BCUT2D eigenvalue weighted by atomic mass is 10.1. The molecular formula is C20H26N4O3S. The molecule has 0 spiro atoms. The summed E-state index contributed by atoms with van der Waals surface area (Å²) in [6.45, 7) is 2.85. The standard InChI is InChI=1S/C20H26N4O3S/c1-15-9-10-16(28(26,27)24-12-5-4-6-13-24)14-17(15)20(25)22-18-8-7-11-21-19(18)23(2)3/h7-11,14H,4-6,12-13H2,1-3H3,(H,22,25). The van der Waals surface area contributed by atoms with E-state index in [0.717, 1.165) is 19.3 Å². The van der Waals surface area contributed by atoms with Gasteiger partial charge in [0.25, 0.3) is 5.91 Å². The van der Waals surface area contributed by atoms with Crippen molar-refractivity contribution in [1.82, 2.24) is 9.29 Å². The number of anilines is 2. The molecule has 1 saturated heterocycles. The fourth-order valence-corrected chi connectivity index (χ4v) is 4.84. The molecule has 150 valence electrons. The maximum Gasteiger partial charge on any atom is 0.256 e. The summed E-state index contributed by atoms with van der Waals surface area (Å²) >= 11 is 0. The third kappa shape index (κ3) is 4.18. The summed E-state index contributed by atoms with van der Waals surface area (Å²) in [7, 11) is 0.0881. The van der Waals surface area contributed by atoms with Crippen molar-refractivity contribution < 1.29 is 13.2 Å². The summed E-state index contributed by atoms with van der Waals surface area (Å²) in [6.07, 6.45) is 4.44. The first-order valence-electron chi connectivity index (χ1n) is 9.35. The Morgan fingerprint density at radius 3 is 2.54 bits per heavy atom. The molecule has 3 rings (SSSR count). The molecule has 0 saturated carbocycles. The van der Waals surface area contributed by atoms with E-state index >= 15 is 0 Å². The molecule has 8 heteroatoms. The van der Waals surface area contributed by atoms with Gasteiger partial charge in [0.15, 0.2) is 5.82 Å². The van der Waals surface area contributed by atoms with E-state index < -0.39 is 10.0 Å². The number of rotatable bonds is 5. The highest BCUT2D eigenvalue weighted by atomic mass is 32.2. The van der Waals surface area contributed by atoms with Crippen molar-refractivity contribution in [3.8, 4) is 0 Å². The number of carbonyl (C=O) groups is 1. The van der Waals surface area contributed by atoms with Gasteiger partial charge in [0.05, 0.1) is 10.6 Å². The van der Waals surface area contributed by atoms with Crippen LogP contribution >= 0.6 is 0 Å². The van der Waals surface area contributed by atoms with Crippen LogP contribution in [-0.2, 0) is 10.0 Å². The van der Waals surface area contributed by atoms with Gasteiger partial charge in [-0.3, -0.25) is 4.79 Å². The van der Waals surface area contributed by atoms with E-state index in [9.17, 15) is 13.2 Å². The van der Waals surface area contributed by atoms with Gasteiger partial charge in [-0.15, -0.1) is 0 Å². The number of nitrogens with one attached hydrogen (secondary N) is 1. The zero-order valence-electron chi connectivity index (χ0n) is 16.5. The Hall–Kier alpha value is -2.45. The molecule has 1 aromatic carbocycles. The predicted molar refractivity (Wildman–Crippen MR) is 110 cm³/mol. The number of piperidine rings is 1. The predicted octanol–water partition coefficient (Wildman–Crippen LogP) is 2.88. The van der Waals surface area contributed by atoms with Crippen LogP contribution in [0, 0.1) is 6.92 Å². The number of nitrogens with zero attached hydrogens (tertiary/aromatic N) is 3. The second-order valence-corrected chi connectivity index (χ2v) is 9.10. The number of benzene rings is 1. The molecule has 7 nitrogen and oxygen atoms in total. The van der Waals surface area contributed by atoms with Gasteiger partial charge in [0.2, 0.25) is 10.0 Å². The second-order valence-electron chi connectivity index (χ2n) is 7.16. The van der Waals surface area contributed by atoms with Crippen LogP contribution in [-0.4, -0.2) is 50.8 Å². The van der Waals surface area contributed by atoms with Crippen molar-refractivity contribution in [1.29, 1.82) is 0 Å². The van der Waals surface area contributed by atoms with Crippen LogP contribution in [0.2, 0.25) is 0 Å². The summed E-state index contributed by atoms with van der Waals surface area (Å²) in [6, 6.07) is 8.24. The first-order valence-corrected chi connectivity index (χ1v) is 10.8. The largest absolute Gasteiger partial charge is 0.361 e. The van der Waals surface area contributed by atoms with Crippen molar-refractivity contribution in [2.75, 3.05) is 37.4 Å². The Balaban J connectivity index is 1.90. The Morgan fingerprint density at radius 2 is 1.86 bits per heavy atom. The Labute approximate surface area is 166 Å². The summed E-state index contributed by atoms with van der Waals surface area (Å²) < 4.78 is 27.4. The van der Waals surface area contributed by atoms with E-state index in [1.165, 1.54) is 10.4 Å². The van der Waals surface area contributed by atoms with Gasteiger partial charge in [0, 0.05) is 38.9 Å². The molecule has 0 unspecified atom stereocenters. The highest BCUT2D eigenvalue weighted by Crippen LogP contribution is 2.25. The van der Waals surface area contributed by atoms with Crippen LogP contribution in [0.3, 0.4) is 0 Å². The lowest BCUT2D eigenvalue weighted by Gasteiger charge is -2.26. The number of aromatic nitrogens is 1. The normalized spacial score (nSPS) is 15.2. The minimum atomic E-state index is -3.60. The van der Waals surface area contributed by atoms with Gasteiger partial charge in [-0.05, 0) is 49.6 Å². The molecule has 28 heavy (non-hydrogen) atoms. The van der Waals surface area contributed by atoms with E-state index in [2.05, 4.69) is 10.3 Å². The number of aryl methyl sites for hydroxylation is 1. The van der Waals surface area contributed by atoms with Gasteiger partial charge in [0.1, 0.15) is 0 Å². The van der Waals surface area contributed by atoms with E-state index in [0.29, 0.717) is 35.7 Å². The first kappa shape index (κ1) is 20.3. The van der Waals surface area contributed by atoms with Gasteiger partial charge < -0.3 is 10.2 Å². The maximum absolute atomic E-state index is 13.0. The average molecular weight is 403 g/mol. The molecule has 1 N–H and O–H groups in total. The number of carbonyl (C=O) groups excluding carboxylic acids is 1. The summed E-state index contributed by atoms with van der Waals surface area (Å²) in [5.41, 5.74) is 1.62. The van der Waals surface area contributed by atoms with E-state index in [1.807, 2.05) is 14.1 Å². The van der Waals surface area contributed by atoms with Crippen molar-refractivity contribution in [3.05, 3.63) is 47.7 Å². The minimum absolute atomic E-state index is 0.157. The first-order chi connectivity index (χ1) is 13.3. The summed E-state index contributed by atoms with van der Waals surface area (Å²) in [5.74, 6) is 0.273. The number of sulfonamides is 1. The number of hydrogen-bond acceptors (Lipinski definition) is 5. The zero-order valence-corrected chi connectivity index (χ0v) is 17.3. The molecule has 0 radical (unpaired) electrons. The molecule has 0 bridgehead atoms. The quantitative estimate of drug-likeness (QED) is 0.832. The molecule has 1 aromatic heterocycles. The second kappa shape index (κ2) is 8.28. The topological polar surface area (TPSA) is 82.6 Å². The van der Waals surface area contributed by atoms with Gasteiger partial charge in [-0.1, -0.05) is 12.5 Å². The molecule has 1 amide bonds. The molecular weight excluding hydrogens is 376 g/mol. The average Bonchev–Trinajstić information content (AvgIpc) is 2.69. The Bertz CT molecular complexity index is 967. The van der Waals surface area contributed by atoms with Gasteiger partial charge >= 0.3 is 0 Å². The van der Waals surface area contributed by atoms with Gasteiger partial charge in [-0.2, -0.15) is 4.31 Å². The molecule has 1 aliphatic rings. The van der Waals surface area contributed by atoms with E-state index in [4.69, 9.17) is 0 Å². The van der Waals surface area contributed by atoms with Gasteiger partial charge in [-0.25, -0.2) is 13.4 Å². The smallest absolute Gasteiger partial charge is 0.256 e. The van der Waals surface area contributed by atoms with Crippen LogP contribution < -0.4 is 10.2 Å². The molecule has 2 aromatic rings. The highest BCUT2D eigenvalue weighted by molar-refractivity contribution is 7.89. The Kier molecular flexibility index (Phi) is 6.00. The zero-order chi connectivity index (χ0) is 20.3. The number of hydrogen-bond donors (Lipinski definition) is 1. The fraction of sp³-hybridized carbons (Fsp3) is 0.400. The monoisotopic (exact) mass is 402 g/mol. The summed E-state index contributed by atoms with van der Waals surface area (Å²) in [5, 5.41) is 2.86. The lowest BCUT2D eigenvalue weighted by Crippen LogP contribution is -2.35. The van der Waals surface area contributed by atoms with E-state index in [-0.39, 0.29) is 10.8 Å². The van der Waals surface area contributed by atoms with Crippen molar-refractivity contribution in [2.24, 2.45) is 0 Å². The number of pyridine rings is 1. The summed E-state index contributed by atoms with van der Waals surface area (Å²) in [4.78, 5) is 19.1. The minimum Gasteiger partial charge on any atom is -0.361 e. The van der Waals surface area contributed by atoms with Crippen LogP contribution in [0.15, 0.2) is 41.4 Å².